The number of rotatable bonds is 4. The van der Waals surface area contributed by atoms with Gasteiger partial charge < -0.3 is 4.74 Å². The standard InChI is InChI=1S/C11H13BrFN3O/c1-7(17-2)3-4-16-10-6-8(13)5-9(12)11(10)14-15-16/h5-7H,3-4H2,1-2H3. The lowest BCUT2D eigenvalue weighted by atomic mass is 10.2. The average Bonchev–Trinajstić information content (AvgIpc) is 2.69. The van der Waals surface area contributed by atoms with Crippen molar-refractivity contribution in [3.05, 3.63) is 22.4 Å². The first-order valence-corrected chi connectivity index (χ1v) is 6.12. The Labute approximate surface area is 107 Å². The van der Waals surface area contributed by atoms with Crippen LogP contribution >= 0.6 is 15.9 Å². The topological polar surface area (TPSA) is 39.9 Å². The average molecular weight is 302 g/mol. The highest BCUT2D eigenvalue weighted by atomic mass is 79.9. The van der Waals surface area contributed by atoms with Gasteiger partial charge in [-0.05, 0) is 35.3 Å². The maximum absolute atomic E-state index is 13.3. The third-order valence-corrected chi connectivity index (χ3v) is 3.29. The Kier molecular flexibility index (Phi) is 3.73. The molecular formula is C11H13BrFN3O. The molecule has 2 aromatic rings. The summed E-state index contributed by atoms with van der Waals surface area (Å²) in [5.41, 5.74) is 1.37. The first-order valence-electron chi connectivity index (χ1n) is 5.33. The summed E-state index contributed by atoms with van der Waals surface area (Å²) in [5, 5.41) is 8.04. The Bertz CT molecular complexity index is 529. The third kappa shape index (κ3) is 2.63. The molecule has 0 fully saturated rings. The lowest BCUT2D eigenvalue weighted by Crippen LogP contribution is -2.10. The predicted molar refractivity (Wildman–Crippen MR) is 66.3 cm³/mol. The number of benzene rings is 1. The van der Waals surface area contributed by atoms with Gasteiger partial charge in [0.25, 0.3) is 0 Å². The summed E-state index contributed by atoms with van der Waals surface area (Å²) in [6.45, 7) is 2.64. The first kappa shape index (κ1) is 12.4. The fourth-order valence-electron chi connectivity index (χ4n) is 1.58. The molecule has 1 atom stereocenters. The Morgan fingerprint density at radius 3 is 3.00 bits per heavy atom. The second kappa shape index (κ2) is 5.10. The lowest BCUT2D eigenvalue weighted by Gasteiger charge is -2.08. The summed E-state index contributed by atoms with van der Waals surface area (Å²) in [6.07, 6.45) is 0.953. The monoisotopic (exact) mass is 301 g/mol. The Hall–Kier alpha value is -1.01. The van der Waals surface area contributed by atoms with Gasteiger partial charge in [-0.25, -0.2) is 9.07 Å². The normalized spacial score (nSPS) is 13.2. The summed E-state index contributed by atoms with van der Waals surface area (Å²) in [6, 6.07) is 2.83. The molecule has 0 bridgehead atoms. The highest BCUT2D eigenvalue weighted by Gasteiger charge is 2.10. The van der Waals surface area contributed by atoms with Crippen molar-refractivity contribution < 1.29 is 9.13 Å². The number of hydrogen-bond acceptors (Lipinski definition) is 3. The number of aromatic nitrogens is 3. The van der Waals surface area contributed by atoms with E-state index in [1.54, 1.807) is 11.8 Å². The number of nitrogens with zero attached hydrogens (tertiary/aromatic N) is 3. The zero-order valence-corrected chi connectivity index (χ0v) is 11.2. The van der Waals surface area contributed by atoms with Gasteiger partial charge in [0.05, 0.1) is 16.1 Å². The van der Waals surface area contributed by atoms with Crippen LogP contribution in [0.15, 0.2) is 16.6 Å². The number of aryl methyl sites for hydroxylation is 1. The van der Waals surface area contributed by atoms with Crippen molar-refractivity contribution in [3.63, 3.8) is 0 Å². The molecule has 1 aromatic heterocycles. The molecule has 17 heavy (non-hydrogen) atoms. The molecule has 0 spiro atoms. The summed E-state index contributed by atoms with van der Waals surface area (Å²) >= 11 is 3.27. The van der Waals surface area contributed by atoms with E-state index in [-0.39, 0.29) is 11.9 Å². The van der Waals surface area contributed by atoms with E-state index in [2.05, 4.69) is 26.2 Å². The fraction of sp³-hybridized carbons (Fsp3) is 0.455. The fourth-order valence-corrected chi connectivity index (χ4v) is 2.08. The second-order valence-electron chi connectivity index (χ2n) is 3.90. The molecule has 1 heterocycles. The van der Waals surface area contributed by atoms with Crippen LogP contribution in [0, 0.1) is 5.82 Å². The quantitative estimate of drug-likeness (QED) is 0.872. The summed E-state index contributed by atoms with van der Waals surface area (Å²) in [5.74, 6) is -0.298. The van der Waals surface area contributed by atoms with Gasteiger partial charge in [0.1, 0.15) is 11.3 Å². The molecule has 6 heteroatoms. The number of methoxy groups -OCH3 is 1. The first-order chi connectivity index (χ1) is 8.11. The summed E-state index contributed by atoms with van der Waals surface area (Å²) < 4.78 is 20.8. The molecule has 0 N–H and O–H groups in total. The molecule has 0 amide bonds. The maximum atomic E-state index is 13.3. The molecule has 0 saturated heterocycles. The van der Waals surface area contributed by atoms with Gasteiger partial charge >= 0.3 is 0 Å². The molecule has 0 aliphatic heterocycles. The molecule has 0 radical (unpaired) electrons. The summed E-state index contributed by atoms with van der Waals surface area (Å²) in [4.78, 5) is 0. The largest absolute Gasteiger partial charge is 0.382 e. The van der Waals surface area contributed by atoms with E-state index < -0.39 is 0 Å². The van der Waals surface area contributed by atoms with E-state index in [1.165, 1.54) is 12.1 Å². The minimum Gasteiger partial charge on any atom is -0.382 e. The van der Waals surface area contributed by atoms with Crippen LogP contribution in [0.5, 0.6) is 0 Å². The van der Waals surface area contributed by atoms with Crippen molar-refractivity contribution in [1.29, 1.82) is 0 Å². The number of fused-ring (bicyclic) bond motifs is 1. The molecule has 0 saturated carbocycles. The van der Waals surface area contributed by atoms with E-state index >= 15 is 0 Å². The van der Waals surface area contributed by atoms with E-state index in [1.807, 2.05) is 6.92 Å². The van der Waals surface area contributed by atoms with Gasteiger partial charge in [-0.2, -0.15) is 0 Å². The van der Waals surface area contributed by atoms with Crippen molar-refractivity contribution in [2.24, 2.45) is 0 Å². The molecule has 0 aliphatic rings. The zero-order chi connectivity index (χ0) is 12.4. The van der Waals surface area contributed by atoms with Gasteiger partial charge in [0, 0.05) is 19.7 Å². The van der Waals surface area contributed by atoms with Crippen LogP contribution < -0.4 is 0 Å². The van der Waals surface area contributed by atoms with Crippen LogP contribution in [-0.2, 0) is 11.3 Å². The molecule has 2 rings (SSSR count). The van der Waals surface area contributed by atoms with Crippen LogP contribution in [0.3, 0.4) is 0 Å². The minimum absolute atomic E-state index is 0.145. The van der Waals surface area contributed by atoms with Gasteiger partial charge in [-0.3, -0.25) is 0 Å². The molecule has 0 aliphatic carbocycles. The van der Waals surface area contributed by atoms with Crippen molar-refractivity contribution in [2.75, 3.05) is 7.11 Å². The number of ether oxygens (including phenoxy) is 1. The van der Waals surface area contributed by atoms with Gasteiger partial charge in [-0.15, -0.1) is 5.10 Å². The van der Waals surface area contributed by atoms with Crippen LogP contribution in [0.25, 0.3) is 11.0 Å². The van der Waals surface area contributed by atoms with Crippen molar-refractivity contribution in [3.8, 4) is 0 Å². The third-order valence-electron chi connectivity index (χ3n) is 2.69. The molecule has 92 valence electrons. The number of hydrogen-bond donors (Lipinski definition) is 0. The Morgan fingerprint density at radius 1 is 1.53 bits per heavy atom. The smallest absolute Gasteiger partial charge is 0.127 e. The van der Waals surface area contributed by atoms with Gasteiger partial charge in [-0.1, -0.05) is 5.21 Å². The SMILES string of the molecule is COC(C)CCn1nnc2c(Br)cc(F)cc21. The molecular weight excluding hydrogens is 289 g/mol. The maximum Gasteiger partial charge on any atom is 0.127 e. The van der Waals surface area contributed by atoms with E-state index in [9.17, 15) is 4.39 Å². The highest BCUT2D eigenvalue weighted by molar-refractivity contribution is 9.10. The van der Waals surface area contributed by atoms with Crippen molar-refractivity contribution >= 4 is 27.0 Å². The van der Waals surface area contributed by atoms with Gasteiger partial charge in [0.2, 0.25) is 0 Å². The Morgan fingerprint density at radius 2 is 2.29 bits per heavy atom. The van der Waals surface area contributed by atoms with Crippen LogP contribution in [0.2, 0.25) is 0 Å². The minimum atomic E-state index is -0.298. The predicted octanol–water partition coefficient (Wildman–Crippen LogP) is 2.76. The lowest BCUT2D eigenvalue weighted by molar-refractivity contribution is 0.106. The second-order valence-corrected chi connectivity index (χ2v) is 4.76. The molecule has 1 aromatic carbocycles. The van der Waals surface area contributed by atoms with E-state index in [4.69, 9.17) is 4.74 Å². The van der Waals surface area contributed by atoms with Gasteiger partial charge in [0.15, 0.2) is 0 Å². The van der Waals surface area contributed by atoms with Crippen LogP contribution in [-0.4, -0.2) is 28.2 Å². The molecule has 4 nitrogen and oxygen atoms in total. The van der Waals surface area contributed by atoms with Crippen molar-refractivity contribution in [1.82, 2.24) is 15.0 Å². The molecule has 1 unspecified atom stereocenters. The van der Waals surface area contributed by atoms with E-state index in [0.29, 0.717) is 22.1 Å². The van der Waals surface area contributed by atoms with Crippen LogP contribution in [0.4, 0.5) is 4.39 Å². The van der Waals surface area contributed by atoms with Crippen molar-refractivity contribution in [2.45, 2.75) is 26.0 Å². The number of halogens is 2. The zero-order valence-electron chi connectivity index (χ0n) is 9.65. The van der Waals surface area contributed by atoms with E-state index in [0.717, 1.165) is 6.42 Å². The Balaban J connectivity index is 2.29. The summed E-state index contributed by atoms with van der Waals surface area (Å²) in [7, 11) is 1.67. The highest BCUT2D eigenvalue weighted by Crippen LogP contribution is 2.23. The van der Waals surface area contributed by atoms with Crippen LogP contribution in [0.1, 0.15) is 13.3 Å².